The van der Waals surface area contributed by atoms with Gasteiger partial charge in [0.1, 0.15) is 5.69 Å². The number of aryl methyl sites for hydroxylation is 1. The Hall–Kier alpha value is -2.81. The van der Waals surface area contributed by atoms with Crippen LogP contribution in [0, 0.1) is 6.92 Å². The monoisotopic (exact) mass is 409 g/mol. The van der Waals surface area contributed by atoms with Crippen LogP contribution in [0.3, 0.4) is 0 Å². The van der Waals surface area contributed by atoms with Crippen LogP contribution in [0.4, 0.5) is 24.5 Å². The highest BCUT2D eigenvalue weighted by atomic mass is 32.2. The fourth-order valence-corrected chi connectivity index (χ4v) is 3.71. The van der Waals surface area contributed by atoms with Crippen LogP contribution in [0.1, 0.15) is 11.3 Å². The third-order valence-electron chi connectivity index (χ3n) is 4.17. The fourth-order valence-electron chi connectivity index (χ4n) is 2.64. The minimum atomic E-state index is -4.71. The van der Waals surface area contributed by atoms with E-state index in [1.54, 1.807) is 50.2 Å². The van der Waals surface area contributed by atoms with Crippen LogP contribution in [0.25, 0.3) is 10.9 Å². The van der Waals surface area contributed by atoms with Gasteiger partial charge in [-0.3, -0.25) is 4.72 Å². The molecule has 0 aliphatic carbocycles. The summed E-state index contributed by atoms with van der Waals surface area (Å²) in [5.41, 5.74) is 0.260. The molecule has 148 valence electrons. The summed E-state index contributed by atoms with van der Waals surface area (Å²) in [7, 11) is -0.530. The molecule has 0 amide bonds. The summed E-state index contributed by atoms with van der Waals surface area (Å²) in [5, 5.41) is 0.273. The highest BCUT2D eigenvalue weighted by Gasteiger charge is 2.34. The number of benzene rings is 2. The van der Waals surface area contributed by atoms with Crippen molar-refractivity contribution in [1.29, 1.82) is 0 Å². The van der Waals surface area contributed by atoms with Crippen LogP contribution < -0.4 is 9.62 Å². The maximum Gasteiger partial charge on any atom is 0.433 e. The topological polar surface area (TPSA) is 62.3 Å². The molecule has 0 aliphatic rings. The first-order valence-electron chi connectivity index (χ1n) is 8.26. The van der Waals surface area contributed by atoms with Crippen LogP contribution in [-0.2, 0) is 16.2 Å². The van der Waals surface area contributed by atoms with Crippen LogP contribution >= 0.6 is 0 Å². The van der Waals surface area contributed by atoms with E-state index in [1.807, 2.05) is 0 Å². The molecule has 1 aromatic heterocycles. The summed E-state index contributed by atoms with van der Waals surface area (Å²) in [6, 6.07) is 11.4. The van der Waals surface area contributed by atoms with Crippen molar-refractivity contribution in [2.75, 3.05) is 23.7 Å². The third-order valence-corrected chi connectivity index (χ3v) is 5.56. The van der Waals surface area contributed by atoms with Crippen molar-refractivity contribution in [2.45, 2.75) is 18.0 Å². The van der Waals surface area contributed by atoms with Gasteiger partial charge in [0.05, 0.1) is 16.1 Å². The molecule has 0 spiro atoms. The number of pyridine rings is 1. The molecule has 3 aromatic rings. The zero-order valence-corrected chi connectivity index (χ0v) is 16.2. The number of aromatic nitrogens is 1. The third kappa shape index (κ3) is 4.04. The number of fused-ring (bicyclic) bond motifs is 1. The number of sulfonamides is 1. The second-order valence-corrected chi connectivity index (χ2v) is 8.25. The maximum atomic E-state index is 13.3. The summed E-state index contributed by atoms with van der Waals surface area (Å²) < 4.78 is 67.5. The van der Waals surface area contributed by atoms with Gasteiger partial charge in [0, 0.05) is 25.2 Å². The molecule has 2 aromatic carbocycles. The molecule has 0 radical (unpaired) electrons. The van der Waals surface area contributed by atoms with Crippen molar-refractivity contribution in [1.82, 2.24) is 4.98 Å². The van der Waals surface area contributed by atoms with Crippen LogP contribution in [0.5, 0.6) is 0 Å². The zero-order chi connectivity index (χ0) is 20.7. The summed E-state index contributed by atoms with van der Waals surface area (Å²) in [5.74, 6) is 0. The Kier molecular flexibility index (Phi) is 4.97. The van der Waals surface area contributed by atoms with Crippen molar-refractivity contribution in [3.05, 3.63) is 59.8 Å². The average Bonchev–Trinajstić information content (AvgIpc) is 2.60. The minimum Gasteiger partial charge on any atom is -0.378 e. The van der Waals surface area contributed by atoms with Gasteiger partial charge in [-0.15, -0.1) is 0 Å². The van der Waals surface area contributed by atoms with Gasteiger partial charge in [-0.25, -0.2) is 13.4 Å². The van der Waals surface area contributed by atoms with E-state index < -0.39 is 21.9 Å². The molecule has 0 fully saturated rings. The normalized spacial score (nSPS) is 12.2. The fraction of sp³-hybridized carbons (Fsp3) is 0.211. The second kappa shape index (κ2) is 6.97. The van der Waals surface area contributed by atoms with Crippen molar-refractivity contribution < 1.29 is 21.6 Å². The van der Waals surface area contributed by atoms with E-state index in [0.717, 1.165) is 5.56 Å². The minimum absolute atomic E-state index is 0.0413. The SMILES string of the molecule is Cc1ccc(S(=O)(=O)Nc2cc(C(F)(F)F)nc3ccc(N(C)C)cc23)cc1. The highest BCUT2D eigenvalue weighted by molar-refractivity contribution is 7.92. The number of anilines is 2. The molecule has 9 heteroatoms. The van der Waals surface area contributed by atoms with Crippen LogP contribution in [-0.4, -0.2) is 27.5 Å². The van der Waals surface area contributed by atoms with Gasteiger partial charge >= 0.3 is 6.18 Å². The van der Waals surface area contributed by atoms with E-state index in [-0.39, 0.29) is 21.5 Å². The van der Waals surface area contributed by atoms with Gasteiger partial charge in [-0.05, 0) is 43.3 Å². The lowest BCUT2D eigenvalue weighted by molar-refractivity contribution is -0.140. The molecule has 0 unspecified atom stereocenters. The first-order valence-corrected chi connectivity index (χ1v) is 9.74. The van der Waals surface area contributed by atoms with E-state index in [2.05, 4.69) is 9.71 Å². The smallest absolute Gasteiger partial charge is 0.378 e. The molecule has 0 aliphatic heterocycles. The van der Waals surface area contributed by atoms with Gasteiger partial charge in [-0.1, -0.05) is 17.7 Å². The Bertz CT molecular complexity index is 1130. The van der Waals surface area contributed by atoms with E-state index in [4.69, 9.17) is 0 Å². The Morgan fingerprint density at radius 1 is 1.00 bits per heavy atom. The lowest BCUT2D eigenvalue weighted by Crippen LogP contribution is -2.16. The van der Waals surface area contributed by atoms with Gasteiger partial charge in [0.25, 0.3) is 10.0 Å². The van der Waals surface area contributed by atoms with Crippen molar-refractivity contribution in [2.24, 2.45) is 0 Å². The van der Waals surface area contributed by atoms with Crippen molar-refractivity contribution in [3.8, 4) is 0 Å². The van der Waals surface area contributed by atoms with Gasteiger partial charge in [-0.2, -0.15) is 13.2 Å². The Balaban J connectivity index is 2.18. The van der Waals surface area contributed by atoms with E-state index in [9.17, 15) is 21.6 Å². The molecule has 5 nitrogen and oxygen atoms in total. The van der Waals surface area contributed by atoms with Crippen LogP contribution in [0.15, 0.2) is 53.4 Å². The molecular weight excluding hydrogens is 391 g/mol. The first kappa shape index (κ1) is 19.9. The summed E-state index contributed by atoms with van der Waals surface area (Å²) in [4.78, 5) is 5.36. The molecule has 0 saturated heterocycles. The molecule has 1 heterocycles. The molecule has 3 rings (SSSR count). The number of rotatable bonds is 4. The molecule has 28 heavy (non-hydrogen) atoms. The lowest BCUT2D eigenvalue weighted by Gasteiger charge is -2.17. The molecular formula is C19H18F3N3O2S. The van der Waals surface area contributed by atoms with Gasteiger partial charge in [0.15, 0.2) is 0 Å². The quantitative estimate of drug-likeness (QED) is 0.693. The maximum absolute atomic E-state index is 13.3. The Morgan fingerprint density at radius 2 is 1.64 bits per heavy atom. The van der Waals surface area contributed by atoms with Crippen molar-refractivity contribution >= 4 is 32.3 Å². The predicted molar refractivity (Wildman–Crippen MR) is 103 cm³/mol. The standard InChI is InChI=1S/C19H18F3N3O2S/c1-12-4-7-14(8-5-12)28(26,27)24-17-11-18(19(20,21)22)23-16-9-6-13(25(2)3)10-15(16)17/h4-11H,1-3H3,(H,23,24). The van der Waals surface area contributed by atoms with E-state index in [1.165, 1.54) is 18.2 Å². The average molecular weight is 409 g/mol. The highest BCUT2D eigenvalue weighted by Crippen LogP contribution is 2.35. The Labute approximate surface area is 160 Å². The first-order chi connectivity index (χ1) is 13.0. The Morgan fingerprint density at radius 3 is 2.21 bits per heavy atom. The number of nitrogens with one attached hydrogen (secondary N) is 1. The summed E-state index contributed by atoms with van der Waals surface area (Å²) in [6.45, 7) is 1.80. The van der Waals surface area contributed by atoms with Crippen molar-refractivity contribution in [3.63, 3.8) is 0 Å². The zero-order valence-electron chi connectivity index (χ0n) is 15.4. The number of halogens is 3. The van der Waals surface area contributed by atoms with Gasteiger partial charge < -0.3 is 4.90 Å². The number of nitrogens with zero attached hydrogens (tertiary/aromatic N) is 2. The lowest BCUT2D eigenvalue weighted by atomic mass is 10.1. The number of hydrogen-bond acceptors (Lipinski definition) is 4. The largest absolute Gasteiger partial charge is 0.433 e. The second-order valence-electron chi connectivity index (χ2n) is 6.57. The summed E-state index contributed by atoms with van der Waals surface area (Å²) >= 11 is 0. The van der Waals surface area contributed by atoms with Gasteiger partial charge in [0.2, 0.25) is 0 Å². The molecule has 0 saturated carbocycles. The predicted octanol–water partition coefficient (Wildman–Crippen LogP) is 4.43. The molecule has 1 N–H and O–H groups in total. The molecule has 0 bridgehead atoms. The number of alkyl halides is 3. The number of hydrogen-bond donors (Lipinski definition) is 1. The summed E-state index contributed by atoms with van der Waals surface area (Å²) in [6.07, 6.45) is -4.71. The van der Waals surface area contributed by atoms with E-state index >= 15 is 0 Å². The molecule has 0 atom stereocenters. The van der Waals surface area contributed by atoms with E-state index in [0.29, 0.717) is 11.8 Å². The van der Waals surface area contributed by atoms with Crippen LogP contribution in [0.2, 0.25) is 0 Å².